The van der Waals surface area contributed by atoms with Gasteiger partial charge in [-0.15, -0.1) is 0 Å². The van der Waals surface area contributed by atoms with E-state index < -0.39 is 15.8 Å². The van der Waals surface area contributed by atoms with Gasteiger partial charge in [-0.2, -0.15) is 4.98 Å². The quantitative estimate of drug-likeness (QED) is 0.832. The molecule has 0 radical (unpaired) electrons. The average molecular weight is 328 g/mol. The monoisotopic (exact) mass is 328 g/mol. The van der Waals surface area contributed by atoms with E-state index in [-0.39, 0.29) is 23.2 Å². The van der Waals surface area contributed by atoms with Gasteiger partial charge in [-0.05, 0) is 32.2 Å². The van der Waals surface area contributed by atoms with Gasteiger partial charge >= 0.3 is 0 Å². The summed E-state index contributed by atoms with van der Waals surface area (Å²) in [5.74, 6) is -0.0206. The third-order valence-electron chi connectivity index (χ3n) is 2.96. The highest BCUT2D eigenvalue weighted by molar-refractivity contribution is 7.92. The van der Waals surface area contributed by atoms with Crippen LogP contribution in [0.3, 0.4) is 0 Å². The minimum absolute atomic E-state index is 0.0592. The van der Waals surface area contributed by atoms with Crippen molar-refractivity contribution in [3.63, 3.8) is 0 Å². The van der Waals surface area contributed by atoms with Crippen LogP contribution in [0.4, 0.5) is 10.1 Å². The molecule has 2 aromatic rings. The van der Waals surface area contributed by atoms with Gasteiger partial charge < -0.3 is 9.84 Å². The summed E-state index contributed by atoms with van der Waals surface area (Å²) in [5, 5.41) is 6.86. The molecule has 0 aliphatic heterocycles. The number of aromatic nitrogens is 2. The van der Waals surface area contributed by atoms with Crippen LogP contribution in [-0.4, -0.2) is 37.9 Å². The van der Waals surface area contributed by atoms with Crippen LogP contribution < -0.4 is 10.0 Å². The van der Waals surface area contributed by atoms with Gasteiger partial charge in [0.2, 0.25) is 10.0 Å². The maximum Gasteiger partial charge on any atom is 0.260 e. The van der Waals surface area contributed by atoms with Crippen LogP contribution in [0, 0.1) is 5.82 Å². The standard InChI is InChI=1S/C13H17FN4O3S/c1-8(15-2)6-12-16-13(21-17-12)10-7-9(14)4-5-11(10)18-22(3,19)20/h4-5,7-8,15,18H,6H2,1-3H3. The van der Waals surface area contributed by atoms with Crippen molar-refractivity contribution in [2.75, 3.05) is 18.0 Å². The molecule has 0 saturated heterocycles. The summed E-state index contributed by atoms with van der Waals surface area (Å²) in [6, 6.07) is 3.75. The lowest BCUT2D eigenvalue weighted by atomic mass is 10.1. The predicted molar refractivity (Wildman–Crippen MR) is 80.4 cm³/mol. The Morgan fingerprint density at radius 2 is 2.14 bits per heavy atom. The van der Waals surface area contributed by atoms with Gasteiger partial charge in [0.1, 0.15) is 5.82 Å². The van der Waals surface area contributed by atoms with Crippen molar-refractivity contribution < 1.29 is 17.3 Å². The fraction of sp³-hybridized carbons (Fsp3) is 0.385. The zero-order valence-electron chi connectivity index (χ0n) is 12.4. The summed E-state index contributed by atoms with van der Waals surface area (Å²) in [5.41, 5.74) is 0.377. The summed E-state index contributed by atoms with van der Waals surface area (Å²) in [7, 11) is -1.70. The predicted octanol–water partition coefficient (Wildman–Crippen LogP) is 1.40. The highest BCUT2D eigenvalue weighted by Crippen LogP contribution is 2.28. The SMILES string of the molecule is CNC(C)Cc1noc(-c2cc(F)ccc2NS(C)(=O)=O)n1. The normalized spacial score (nSPS) is 13.1. The number of benzene rings is 1. The molecule has 0 amide bonds. The molecule has 0 saturated carbocycles. The van der Waals surface area contributed by atoms with Crippen molar-refractivity contribution >= 4 is 15.7 Å². The highest BCUT2D eigenvalue weighted by atomic mass is 32.2. The molecule has 22 heavy (non-hydrogen) atoms. The van der Waals surface area contributed by atoms with Crippen LogP contribution in [0.1, 0.15) is 12.7 Å². The van der Waals surface area contributed by atoms with Gasteiger partial charge in [-0.1, -0.05) is 5.16 Å². The van der Waals surface area contributed by atoms with E-state index in [0.29, 0.717) is 12.2 Å². The largest absolute Gasteiger partial charge is 0.334 e. The van der Waals surface area contributed by atoms with Crippen molar-refractivity contribution in [1.29, 1.82) is 0 Å². The first kappa shape index (κ1) is 16.4. The lowest BCUT2D eigenvalue weighted by Gasteiger charge is -2.07. The lowest BCUT2D eigenvalue weighted by Crippen LogP contribution is -2.24. The van der Waals surface area contributed by atoms with Gasteiger partial charge in [0, 0.05) is 12.5 Å². The Balaban J connectivity index is 2.37. The van der Waals surface area contributed by atoms with Gasteiger partial charge in [-0.3, -0.25) is 4.72 Å². The Morgan fingerprint density at radius 1 is 1.41 bits per heavy atom. The minimum Gasteiger partial charge on any atom is -0.334 e. The molecule has 2 N–H and O–H groups in total. The number of sulfonamides is 1. The number of anilines is 1. The second kappa shape index (κ2) is 6.41. The van der Waals surface area contributed by atoms with Crippen molar-refractivity contribution in [1.82, 2.24) is 15.5 Å². The van der Waals surface area contributed by atoms with Crippen molar-refractivity contribution in [3.8, 4) is 11.5 Å². The molecule has 0 aliphatic rings. The number of hydrogen-bond donors (Lipinski definition) is 2. The average Bonchev–Trinajstić information content (AvgIpc) is 2.87. The van der Waals surface area contributed by atoms with Crippen LogP contribution in [0.15, 0.2) is 22.7 Å². The number of rotatable bonds is 6. The summed E-state index contributed by atoms with van der Waals surface area (Å²) >= 11 is 0. The second-order valence-corrected chi connectivity index (χ2v) is 6.72. The maximum atomic E-state index is 13.5. The summed E-state index contributed by atoms with van der Waals surface area (Å²) in [6.07, 6.45) is 1.54. The molecule has 0 fully saturated rings. The molecule has 1 unspecified atom stereocenters. The van der Waals surface area contributed by atoms with Crippen molar-refractivity contribution in [2.24, 2.45) is 0 Å². The molecule has 0 spiro atoms. The number of nitrogens with zero attached hydrogens (tertiary/aromatic N) is 2. The molecule has 0 aliphatic carbocycles. The fourth-order valence-electron chi connectivity index (χ4n) is 1.80. The van der Waals surface area contributed by atoms with Crippen LogP contribution in [0.5, 0.6) is 0 Å². The molecule has 0 bridgehead atoms. The van der Waals surface area contributed by atoms with Crippen LogP contribution in [-0.2, 0) is 16.4 Å². The van der Waals surface area contributed by atoms with Crippen LogP contribution in [0.25, 0.3) is 11.5 Å². The number of likely N-dealkylation sites (N-methyl/N-ethyl adjacent to an activating group) is 1. The Hall–Kier alpha value is -2.00. The number of halogens is 1. The molecular weight excluding hydrogens is 311 g/mol. The maximum absolute atomic E-state index is 13.5. The molecule has 1 atom stereocenters. The summed E-state index contributed by atoms with van der Waals surface area (Å²) in [4.78, 5) is 4.18. The number of nitrogens with one attached hydrogen (secondary N) is 2. The van der Waals surface area contributed by atoms with Crippen LogP contribution in [0.2, 0.25) is 0 Å². The van der Waals surface area contributed by atoms with E-state index in [4.69, 9.17) is 4.52 Å². The molecule has 1 aromatic carbocycles. The zero-order chi connectivity index (χ0) is 16.3. The van der Waals surface area contributed by atoms with Gasteiger partial charge in [0.15, 0.2) is 5.82 Å². The summed E-state index contributed by atoms with van der Waals surface area (Å²) < 4.78 is 43.6. The summed E-state index contributed by atoms with van der Waals surface area (Å²) in [6.45, 7) is 1.95. The molecule has 9 heteroatoms. The fourth-order valence-corrected chi connectivity index (χ4v) is 2.38. The first-order valence-corrected chi connectivity index (χ1v) is 8.45. The molecular formula is C13H17FN4O3S. The molecule has 1 aromatic heterocycles. The Morgan fingerprint density at radius 3 is 2.77 bits per heavy atom. The molecule has 120 valence electrons. The van der Waals surface area contributed by atoms with E-state index in [2.05, 4.69) is 20.2 Å². The van der Waals surface area contributed by atoms with Gasteiger partial charge in [-0.25, -0.2) is 12.8 Å². The molecule has 2 rings (SSSR count). The zero-order valence-corrected chi connectivity index (χ0v) is 13.2. The van der Waals surface area contributed by atoms with Crippen molar-refractivity contribution in [3.05, 3.63) is 29.8 Å². The molecule has 7 nitrogen and oxygen atoms in total. The first-order valence-electron chi connectivity index (χ1n) is 6.56. The van der Waals surface area contributed by atoms with E-state index in [1.54, 1.807) is 0 Å². The third kappa shape index (κ3) is 4.25. The smallest absolute Gasteiger partial charge is 0.260 e. The topological polar surface area (TPSA) is 97.1 Å². The van der Waals surface area contributed by atoms with E-state index in [9.17, 15) is 12.8 Å². The van der Waals surface area contributed by atoms with Crippen LogP contribution >= 0.6 is 0 Å². The van der Waals surface area contributed by atoms with E-state index in [1.807, 2.05) is 14.0 Å². The highest BCUT2D eigenvalue weighted by Gasteiger charge is 2.17. The first-order chi connectivity index (χ1) is 10.3. The van der Waals surface area contributed by atoms with Gasteiger partial charge in [0.05, 0.1) is 17.5 Å². The minimum atomic E-state index is -3.51. The molecule has 1 heterocycles. The van der Waals surface area contributed by atoms with E-state index in [0.717, 1.165) is 18.4 Å². The number of hydrogen-bond acceptors (Lipinski definition) is 6. The Kier molecular flexibility index (Phi) is 4.77. The lowest BCUT2D eigenvalue weighted by molar-refractivity contribution is 0.418. The van der Waals surface area contributed by atoms with Gasteiger partial charge in [0.25, 0.3) is 5.89 Å². The third-order valence-corrected chi connectivity index (χ3v) is 3.55. The van der Waals surface area contributed by atoms with E-state index >= 15 is 0 Å². The van der Waals surface area contributed by atoms with E-state index in [1.165, 1.54) is 6.07 Å². The van der Waals surface area contributed by atoms with Crippen molar-refractivity contribution in [2.45, 2.75) is 19.4 Å². The Bertz CT molecular complexity index is 760. The Labute approximate surface area is 128 Å². The second-order valence-electron chi connectivity index (χ2n) is 4.97.